The number of nitrogens with one attached hydrogen (secondary N) is 1. The summed E-state index contributed by atoms with van der Waals surface area (Å²) in [6.07, 6.45) is 2.49. The van der Waals surface area contributed by atoms with Gasteiger partial charge in [-0.2, -0.15) is 0 Å². The van der Waals surface area contributed by atoms with E-state index < -0.39 is 26.7 Å². The molecule has 1 aliphatic carbocycles. The minimum absolute atomic E-state index is 0.000793. The maximum absolute atomic E-state index is 12.2. The van der Waals surface area contributed by atoms with Crippen molar-refractivity contribution in [3.8, 4) is 0 Å². The zero-order valence-electron chi connectivity index (χ0n) is 10.5. The van der Waals surface area contributed by atoms with E-state index >= 15 is 0 Å². The molecule has 1 aliphatic rings. The normalized spacial score (nSPS) is 29.9. The Balaban J connectivity index is 2.82. The Morgan fingerprint density at radius 2 is 2.06 bits per heavy atom. The zero-order valence-corrected chi connectivity index (χ0v) is 11.3. The zero-order chi connectivity index (χ0) is 13.1. The van der Waals surface area contributed by atoms with Crippen LogP contribution in [0, 0.1) is 11.8 Å². The van der Waals surface area contributed by atoms with E-state index in [0.29, 0.717) is 18.9 Å². The van der Waals surface area contributed by atoms with Crippen LogP contribution in [0.5, 0.6) is 0 Å². The van der Waals surface area contributed by atoms with Gasteiger partial charge in [0.15, 0.2) is 9.84 Å². The lowest BCUT2D eigenvalue weighted by molar-refractivity contribution is -0.118. The Kier molecular flexibility index (Phi) is 4.94. The molecule has 3 atom stereocenters. The molecule has 100 valence electrons. The second kappa shape index (κ2) is 5.82. The molecule has 3 N–H and O–H groups in total. The first kappa shape index (κ1) is 14.4. The van der Waals surface area contributed by atoms with E-state index in [2.05, 4.69) is 12.2 Å². The van der Waals surface area contributed by atoms with Crippen LogP contribution < -0.4 is 11.1 Å². The highest BCUT2D eigenvalue weighted by Gasteiger charge is 2.37. The number of nitrogens with two attached hydrogens (primary N) is 1. The molecule has 6 heteroatoms. The van der Waals surface area contributed by atoms with Gasteiger partial charge in [-0.25, -0.2) is 8.42 Å². The molecule has 0 heterocycles. The molecule has 1 amide bonds. The summed E-state index contributed by atoms with van der Waals surface area (Å²) in [4.78, 5) is 11.2. The Labute approximate surface area is 103 Å². The van der Waals surface area contributed by atoms with Crippen LogP contribution in [0.15, 0.2) is 0 Å². The van der Waals surface area contributed by atoms with Gasteiger partial charge in [-0.05, 0) is 31.2 Å². The maximum Gasteiger partial charge on any atom is 0.234 e. The predicted molar refractivity (Wildman–Crippen MR) is 67.2 cm³/mol. The molecule has 1 saturated carbocycles. The number of hydrogen-bond acceptors (Lipinski definition) is 4. The van der Waals surface area contributed by atoms with Crippen LogP contribution in [0.3, 0.4) is 0 Å². The van der Waals surface area contributed by atoms with Crippen LogP contribution in [0.2, 0.25) is 0 Å². The molecule has 1 rings (SSSR count). The lowest BCUT2D eigenvalue weighted by Crippen LogP contribution is -2.43. The lowest BCUT2D eigenvalue weighted by Gasteiger charge is -2.33. The molecule has 0 bridgehead atoms. The third kappa shape index (κ3) is 3.67. The number of hydrogen-bond donors (Lipinski definition) is 2. The molecule has 0 aromatic carbocycles. The Morgan fingerprint density at radius 3 is 2.59 bits per heavy atom. The van der Waals surface area contributed by atoms with Crippen LogP contribution in [-0.2, 0) is 14.6 Å². The largest absolute Gasteiger partial charge is 0.358 e. The van der Waals surface area contributed by atoms with Crippen LogP contribution in [-0.4, -0.2) is 38.9 Å². The first-order valence-corrected chi connectivity index (χ1v) is 7.74. The molecule has 3 unspecified atom stereocenters. The molecule has 5 nitrogen and oxygen atoms in total. The van der Waals surface area contributed by atoms with Gasteiger partial charge < -0.3 is 11.1 Å². The van der Waals surface area contributed by atoms with Gasteiger partial charge in [-0.1, -0.05) is 13.3 Å². The fourth-order valence-corrected chi connectivity index (χ4v) is 4.64. The van der Waals surface area contributed by atoms with Crippen molar-refractivity contribution >= 4 is 15.7 Å². The van der Waals surface area contributed by atoms with E-state index in [4.69, 9.17) is 5.73 Å². The number of carbonyl (C=O) groups excluding carboxylic acids is 1. The van der Waals surface area contributed by atoms with Crippen molar-refractivity contribution in [3.63, 3.8) is 0 Å². The van der Waals surface area contributed by atoms with Crippen molar-refractivity contribution in [2.24, 2.45) is 17.6 Å². The first-order valence-electron chi connectivity index (χ1n) is 6.03. The minimum atomic E-state index is -3.38. The first-order chi connectivity index (χ1) is 7.90. The van der Waals surface area contributed by atoms with E-state index in [1.54, 1.807) is 0 Å². The van der Waals surface area contributed by atoms with Crippen molar-refractivity contribution in [3.05, 3.63) is 0 Å². The van der Waals surface area contributed by atoms with E-state index in [0.717, 1.165) is 12.8 Å². The topological polar surface area (TPSA) is 89.3 Å². The summed E-state index contributed by atoms with van der Waals surface area (Å²) in [5.41, 5.74) is 5.63. The van der Waals surface area contributed by atoms with Gasteiger partial charge in [-0.15, -0.1) is 0 Å². The van der Waals surface area contributed by atoms with Crippen LogP contribution >= 0.6 is 0 Å². The van der Waals surface area contributed by atoms with Crippen LogP contribution in [0.25, 0.3) is 0 Å². The number of carbonyl (C=O) groups is 1. The summed E-state index contributed by atoms with van der Waals surface area (Å²) in [5.74, 6) is -0.473. The second-order valence-electron chi connectivity index (χ2n) is 4.93. The van der Waals surface area contributed by atoms with Crippen molar-refractivity contribution < 1.29 is 13.2 Å². The van der Waals surface area contributed by atoms with Crippen LogP contribution in [0.4, 0.5) is 0 Å². The van der Waals surface area contributed by atoms with Gasteiger partial charge in [0.1, 0.15) is 5.75 Å². The summed E-state index contributed by atoms with van der Waals surface area (Å²) < 4.78 is 24.3. The molecule has 1 fully saturated rings. The third-order valence-corrected chi connectivity index (χ3v) is 5.73. The predicted octanol–water partition coefficient (Wildman–Crippen LogP) is -0.0893. The molecule has 0 saturated heterocycles. The van der Waals surface area contributed by atoms with Gasteiger partial charge in [-0.3, -0.25) is 4.79 Å². The van der Waals surface area contributed by atoms with E-state index in [1.807, 2.05) is 0 Å². The number of rotatable bonds is 4. The fraction of sp³-hybridized carbons (Fsp3) is 0.909. The fourth-order valence-electron chi connectivity index (χ4n) is 2.46. The van der Waals surface area contributed by atoms with Gasteiger partial charge in [0.25, 0.3) is 0 Å². The summed E-state index contributed by atoms with van der Waals surface area (Å²) in [7, 11) is -1.93. The molecular formula is C11H22N2O3S. The highest BCUT2D eigenvalue weighted by molar-refractivity contribution is 7.92. The average Bonchev–Trinajstić information content (AvgIpc) is 2.28. The van der Waals surface area contributed by atoms with Crippen molar-refractivity contribution in [2.75, 3.05) is 19.3 Å². The van der Waals surface area contributed by atoms with E-state index in [-0.39, 0.29) is 5.92 Å². The van der Waals surface area contributed by atoms with Gasteiger partial charge in [0.05, 0.1) is 5.25 Å². The summed E-state index contributed by atoms with van der Waals surface area (Å²) >= 11 is 0. The quantitative estimate of drug-likeness (QED) is 0.741. The van der Waals surface area contributed by atoms with E-state index in [1.165, 1.54) is 7.05 Å². The van der Waals surface area contributed by atoms with Gasteiger partial charge in [0, 0.05) is 7.05 Å². The summed E-state index contributed by atoms with van der Waals surface area (Å²) in [6.45, 7) is 2.43. The summed E-state index contributed by atoms with van der Waals surface area (Å²) in [6, 6.07) is 0. The smallest absolute Gasteiger partial charge is 0.234 e. The maximum atomic E-state index is 12.2. The standard InChI is InChI=1S/C11H22N2O3S/c1-8-3-4-9(6-12)10(5-8)17(15,16)7-11(14)13-2/h8-10H,3-7,12H2,1-2H3,(H,13,14). The van der Waals surface area contributed by atoms with Gasteiger partial charge in [0.2, 0.25) is 5.91 Å². The number of sulfone groups is 1. The molecular weight excluding hydrogens is 240 g/mol. The highest BCUT2D eigenvalue weighted by Crippen LogP contribution is 2.32. The van der Waals surface area contributed by atoms with Crippen LogP contribution in [0.1, 0.15) is 26.2 Å². The Hall–Kier alpha value is -0.620. The lowest BCUT2D eigenvalue weighted by atomic mass is 9.82. The molecule has 0 aliphatic heterocycles. The SMILES string of the molecule is CNC(=O)CS(=O)(=O)C1CC(C)CCC1CN. The van der Waals surface area contributed by atoms with Crippen molar-refractivity contribution in [1.82, 2.24) is 5.32 Å². The molecule has 0 aromatic heterocycles. The van der Waals surface area contributed by atoms with Crippen molar-refractivity contribution in [1.29, 1.82) is 0 Å². The third-order valence-electron chi connectivity index (χ3n) is 3.57. The molecule has 0 aromatic rings. The Morgan fingerprint density at radius 1 is 1.41 bits per heavy atom. The monoisotopic (exact) mass is 262 g/mol. The summed E-state index contributed by atoms with van der Waals surface area (Å²) in [5, 5.41) is 1.90. The number of amides is 1. The molecule has 17 heavy (non-hydrogen) atoms. The molecule has 0 radical (unpaired) electrons. The van der Waals surface area contributed by atoms with Gasteiger partial charge >= 0.3 is 0 Å². The highest BCUT2D eigenvalue weighted by atomic mass is 32.2. The molecule has 0 spiro atoms. The second-order valence-corrected chi connectivity index (χ2v) is 7.15. The van der Waals surface area contributed by atoms with Crippen molar-refractivity contribution in [2.45, 2.75) is 31.4 Å². The minimum Gasteiger partial charge on any atom is -0.358 e. The average molecular weight is 262 g/mol. The van der Waals surface area contributed by atoms with E-state index in [9.17, 15) is 13.2 Å². The Bertz CT molecular complexity index is 367.